The van der Waals surface area contributed by atoms with Crippen LogP contribution in [0, 0.1) is 37.0 Å². The lowest BCUT2D eigenvalue weighted by Gasteiger charge is -2.69. The summed E-state index contributed by atoms with van der Waals surface area (Å²) < 4.78 is 10.0. The Morgan fingerprint density at radius 3 is 2.55 bits per heavy atom. The molecule has 1 aromatic carbocycles. The van der Waals surface area contributed by atoms with E-state index in [2.05, 4.69) is 64.5 Å². The summed E-state index contributed by atoms with van der Waals surface area (Å²) in [5.41, 5.74) is 6.53. The van der Waals surface area contributed by atoms with Crippen molar-refractivity contribution < 1.29 is 24.9 Å². The molecule has 4 bridgehead atoms. The van der Waals surface area contributed by atoms with Crippen LogP contribution in [-0.4, -0.2) is 95.8 Å². The van der Waals surface area contributed by atoms with E-state index in [1.165, 1.54) is 6.42 Å². The average molecular weight is 836 g/mol. The van der Waals surface area contributed by atoms with E-state index < -0.39 is 12.1 Å². The van der Waals surface area contributed by atoms with Crippen LogP contribution in [0.4, 0.5) is 22.6 Å². The molecule has 15 heteroatoms. The van der Waals surface area contributed by atoms with Crippen LogP contribution in [0.15, 0.2) is 36.5 Å². The Morgan fingerprint density at radius 1 is 0.983 bits per heavy atom. The predicted molar refractivity (Wildman–Crippen MR) is 233 cm³/mol. The van der Waals surface area contributed by atoms with Crippen molar-refractivity contribution in [3.8, 4) is 11.1 Å². The van der Waals surface area contributed by atoms with Crippen molar-refractivity contribution in [2.45, 2.75) is 111 Å². The van der Waals surface area contributed by atoms with Crippen LogP contribution in [-0.2, 0) is 17.7 Å². The van der Waals surface area contributed by atoms with E-state index in [0.29, 0.717) is 55.7 Å². The van der Waals surface area contributed by atoms with Crippen molar-refractivity contribution in [1.82, 2.24) is 35.3 Å². The Kier molecular flexibility index (Phi) is 10.5. The number of nitrogens with one attached hydrogen (secondary N) is 2. The molecule has 0 radical (unpaired) electrons. The molecule has 4 aliphatic carbocycles. The first-order chi connectivity index (χ1) is 28.7. The first-order valence-electron chi connectivity index (χ1n) is 21.4. The van der Waals surface area contributed by atoms with Gasteiger partial charge in [-0.2, -0.15) is 5.10 Å². The van der Waals surface area contributed by atoms with Crippen LogP contribution < -0.4 is 15.5 Å². The van der Waals surface area contributed by atoms with Gasteiger partial charge in [0.05, 0.1) is 41.3 Å². The third kappa shape index (κ3) is 7.67. The molecule has 4 saturated carbocycles. The maximum absolute atomic E-state index is 13.0. The number of hydrogen-bond donors (Lipinski definition) is 5. The van der Waals surface area contributed by atoms with Crippen molar-refractivity contribution >= 4 is 50.1 Å². The Bertz CT molecular complexity index is 2430. The molecule has 10 rings (SSSR count). The molecule has 0 amide bonds. The lowest BCUT2D eigenvalue weighted by atomic mass is 9.39. The monoisotopic (exact) mass is 835 g/mol. The zero-order valence-electron chi connectivity index (χ0n) is 35.3. The van der Waals surface area contributed by atoms with Gasteiger partial charge in [-0.3, -0.25) is 4.68 Å². The van der Waals surface area contributed by atoms with Gasteiger partial charge in [0.15, 0.2) is 22.5 Å². The molecule has 4 fully saturated rings. The summed E-state index contributed by atoms with van der Waals surface area (Å²) in [5, 5.41) is 51.1. The van der Waals surface area contributed by atoms with Gasteiger partial charge in [-0.25, -0.2) is 14.8 Å². The van der Waals surface area contributed by atoms with E-state index in [9.17, 15) is 15.0 Å². The quantitative estimate of drug-likeness (QED) is 0.0665. The van der Waals surface area contributed by atoms with E-state index in [-0.39, 0.29) is 34.1 Å². The number of aromatic nitrogens is 6. The molecule has 2 unspecified atom stereocenters. The molecule has 5 aliphatic rings. The molecule has 0 spiro atoms. The molecule has 5 aromatic rings. The number of aryl methyl sites for hydroxylation is 1. The highest BCUT2D eigenvalue weighted by molar-refractivity contribution is 7.22. The number of carbonyl (C=O) groups is 1. The number of aliphatic hydroxyl groups is 2. The zero-order valence-corrected chi connectivity index (χ0v) is 36.2. The number of nitrogens with zero attached hydrogens (tertiary/aromatic N) is 7. The highest BCUT2D eigenvalue weighted by Gasteiger charge is 2.66. The molecule has 14 nitrogen and oxygen atoms in total. The fourth-order valence-corrected chi connectivity index (χ4v) is 13.1. The van der Waals surface area contributed by atoms with Crippen molar-refractivity contribution in [3.63, 3.8) is 0 Å². The van der Waals surface area contributed by atoms with Crippen molar-refractivity contribution in [3.05, 3.63) is 64.6 Å². The molecule has 5 N–H and O–H groups in total. The minimum Gasteiger partial charge on any atom is -0.476 e. The zero-order chi connectivity index (χ0) is 42.0. The Balaban J connectivity index is 0.939. The van der Waals surface area contributed by atoms with E-state index in [0.717, 1.165) is 94.8 Å². The average Bonchev–Trinajstić information content (AvgIpc) is 3.76. The van der Waals surface area contributed by atoms with Crippen LogP contribution >= 0.6 is 11.3 Å². The molecule has 3 atom stereocenters. The molecular formula is C45H57N9O5S. The number of fused-ring (bicyclic) bond motifs is 2. The molecular weight excluding hydrogens is 779 g/mol. The molecule has 0 saturated heterocycles. The number of carboxylic acids is 1. The SMILES string of the molecule is Cc1ccc2sc(Nc3nnc4c(c3C)CCCN4c3ccc(-c4cnn(CC56CC7(C)CC(C)(C5)CC(OCCNCC[C@H](O)CO)(C7)C6)c4C)c(C(=O)O)n3)nc2c1. The van der Waals surface area contributed by atoms with Crippen molar-refractivity contribution in [2.75, 3.05) is 43.1 Å². The largest absolute Gasteiger partial charge is 0.476 e. The molecule has 1 aliphatic heterocycles. The highest BCUT2D eigenvalue weighted by Crippen LogP contribution is 2.72. The number of benzene rings is 1. The van der Waals surface area contributed by atoms with Gasteiger partial charge in [0, 0.05) is 47.6 Å². The summed E-state index contributed by atoms with van der Waals surface area (Å²) in [6, 6.07) is 10.0. The summed E-state index contributed by atoms with van der Waals surface area (Å²) in [7, 11) is 0. The van der Waals surface area contributed by atoms with Gasteiger partial charge in [0.25, 0.3) is 0 Å². The fourth-order valence-electron chi connectivity index (χ4n) is 12.3. The van der Waals surface area contributed by atoms with Gasteiger partial charge < -0.3 is 35.6 Å². The first kappa shape index (κ1) is 40.8. The molecule has 60 heavy (non-hydrogen) atoms. The summed E-state index contributed by atoms with van der Waals surface area (Å²) in [4.78, 5) is 24.5. The molecule has 5 heterocycles. The minimum atomic E-state index is -1.09. The van der Waals surface area contributed by atoms with Gasteiger partial charge in [-0.05, 0) is 131 Å². The number of aromatic carboxylic acids is 1. The smallest absolute Gasteiger partial charge is 0.355 e. The molecule has 4 aromatic heterocycles. The van der Waals surface area contributed by atoms with E-state index in [4.69, 9.17) is 24.9 Å². The lowest BCUT2D eigenvalue weighted by molar-refractivity contribution is -0.247. The third-order valence-electron chi connectivity index (χ3n) is 13.6. The van der Waals surface area contributed by atoms with Crippen LogP contribution in [0.3, 0.4) is 0 Å². The van der Waals surface area contributed by atoms with Gasteiger partial charge in [-0.1, -0.05) is 31.3 Å². The number of pyridine rings is 1. The second kappa shape index (κ2) is 15.4. The Hall–Kier alpha value is -4.54. The summed E-state index contributed by atoms with van der Waals surface area (Å²) in [6.45, 7) is 14.1. The van der Waals surface area contributed by atoms with Crippen LogP contribution in [0.2, 0.25) is 0 Å². The number of thiazole rings is 1. The van der Waals surface area contributed by atoms with Gasteiger partial charge in [0.2, 0.25) is 0 Å². The predicted octanol–water partition coefficient (Wildman–Crippen LogP) is 7.26. The maximum atomic E-state index is 13.0. The fraction of sp³-hybridized carbons (Fsp3) is 0.556. The lowest BCUT2D eigenvalue weighted by Crippen LogP contribution is -2.64. The van der Waals surface area contributed by atoms with E-state index in [1.807, 2.05) is 30.9 Å². The summed E-state index contributed by atoms with van der Waals surface area (Å²) in [6.07, 6.45) is 9.80. The summed E-state index contributed by atoms with van der Waals surface area (Å²) >= 11 is 1.58. The first-order valence-corrected chi connectivity index (χ1v) is 22.2. The number of carboxylic acid groups (broad SMARTS) is 1. The Morgan fingerprint density at radius 2 is 1.78 bits per heavy atom. The standard InChI is InChI=1S/C45H57N9O5S/c1-27-8-10-35-34(17-27)48-41(60-35)50-38-28(2)31-7-6-15-53(39(31)52-51-38)36-11-9-32(37(49-36)40(57)58)33-18-47-54(29(33)3)26-44-21-42(4)20-43(5,22-44)24-45(23-42,25-44)59-16-14-46-13-12-30(56)19-55/h8-11,17-18,30,46,55-56H,6-7,12-16,19-26H2,1-5H3,(H,57,58)(H,48,50,51)/t30-,42?,43?,44?,45?/m0/s1. The third-order valence-corrected chi connectivity index (χ3v) is 14.5. The second-order valence-electron chi connectivity index (χ2n) is 19.1. The highest BCUT2D eigenvalue weighted by atomic mass is 32.1. The van der Waals surface area contributed by atoms with Crippen molar-refractivity contribution in [1.29, 1.82) is 0 Å². The minimum absolute atomic E-state index is 0.00637. The summed E-state index contributed by atoms with van der Waals surface area (Å²) in [5.74, 6) is 0.785. The number of hydrogen-bond acceptors (Lipinski definition) is 13. The van der Waals surface area contributed by atoms with E-state index >= 15 is 0 Å². The number of aliphatic hydroxyl groups excluding tert-OH is 2. The number of anilines is 4. The Labute approximate surface area is 354 Å². The molecule has 318 valence electrons. The van der Waals surface area contributed by atoms with Crippen LogP contribution in [0.1, 0.15) is 98.1 Å². The normalized spacial score (nSPS) is 26.1. The van der Waals surface area contributed by atoms with Crippen molar-refractivity contribution in [2.24, 2.45) is 16.2 Å². The number of rotatable bonds is 15. The van der Waals surface area contributed by atoms with Crippen LogP contribution in [0.25, 0.3) is 21.3 Å². The van der Waals surface area contributed by atoms with Gasteiger partial charge in [0.1, 0.15) is 5.82 Å². The van der Waals surface area contributed by atoms with Gasteiger partial charge in [-0.15, -0.1) is 10.2 Å². The number of ether oxygens (including phenoxy) is 1. The van der Waals surface area contributed by atoms with E-state index in [1.54, 1.807) is 17.5 Å². The van der Waals surface area contributed by atoms with Gasteiger partial charge >= 0.3 is 5.97 Å². The maximum Gasteiger partial charge on any atom is 0.355 e. The second-order valence-corrected chi connectivity index (χ2v) is 20.1. The topological polar surface area (TPSA) is 184 Å². The van der Waals surface area contributed by atoms with Crippen LogP contribution in [0.5, 0.6) is 0 Å².